The lowest BCUT2D eigenvalue weighted by Crippen LogP contribution is -2.22. The highest BCUT2D eigenvalue weighted by molar-refractivity contribution is 5.50. The number of anilines is 1. The van der Waals surface area contributed by atoms with Crippen LogP contribution in [0.25, 0.3) is 0 Å². The van der Waals surface area contributed by atoms with E-state index in [1.807, 2.05) is 44.4 Å². The van der Waals surface area contributed by atoms with Gasteiger partial charge in [0.25, 0.3) is 0 Å². The first-order chi connectivity index (χ1) is 12.6. The van der Waals surface area contributed by atoms with E-state index in [0.717, 1.165) is 33.3 Å². The smallest absolute Gasteiger partial charge is 0.202 e. The second kappa shape index (κ2) is 6.26. The van der Waals surface area contributed by atoms with E-state index in [1.165, 1.54) is 0 Å². The number of methoxy groups -OCH3 is 1. The third kappa shape index (κ3) is 2.62. The third-order valence-corrected chi connectivity index (χ3v) is 4.62. The molecule has 0 bridgehead atoms. The zero-order valence-electron chi connectivity index (χ0n) is 15.0. The van der Waals surface area contributed by atoms with Gasteiger partial charge in [-0.2, -0.15) is 0 Å². The molecule has 0 amide bonds. The van der Waals surface area contributed by atoms with E-state index in [9.17, 15) is 0 Å². The van der Waals surface area contributed by atoms with Gasteiger partial charge in [-0.25, -0.2) is 9.98 Å². The van der Waals surface area contributed by atoms with Gasteiger partial charge in [0, 0.05) is 37.1 Å². The van der Waals surface area contributed by atoms with Crippen LogP contribution < -0.4 is 20.4 Å². The molecule has 1 unspecified atom stereocenters. The van der Waals surface area contributed by atoms with Crippen molar-refractivity contribution in [1.82, 2.24) is 4.98 Å². The predicted molar refractivity (Wildman–Crippen MR) is 101 cm³/mol. The number of aromatic nitrogens is 1. The van der Waals surface area contributed by atoms with Crippen molar-refractivity contribution in [3.05, 3.63) is 88.8 Å². The zero-order valence-corrected chi connectivity index (χ0v) is 15.0. The average molecular weight is 344 g/mol. The minimum Gasteiger partial charge on any atom is -0.497 e. The second-order valence-corrected chi connectivity index (χ2v) is 6.43. The number of fused-ring (bicyclic) bond motifs is 1. The Labute approximate surface area is 152 Å². The van der Waals surface area contributed by atoms with Crippen molar-refractivity contribution in [2.75, 3.05) is 26.1 Å². The molecule has 4 rings (SSSR count). The Balaban J connectivity index is 1.92. The van der Waals surface area contributed by atoms with Crippen LogP contribution >= 0.6 is 0 Å². The summed E-state index contributed by atoms with van der Waals surface area (Å²) >= 11 is 0. The molecule has 1 aliphatic rings. The van der Waals surface area contributed by atoms with Crippen molar-refractivity contribution in [1.29, 1.82) is 0 Å². The number of hydrogen-bond donors (Lipinski definition) is 0. The molecule has 5 nitrogen and oxygen atoms in total. The maximum Gasteiger partial charge on any atom is 0.202 e. The minimum atomic E-state index is -0.803. The SMILES string of the molecule is COc1ccc(C2(c3ccc(N(C)C)cc3)N=c3ccncc3=N2)cc1. The number of pyridine rings is 1. The van der Waals surface area contributed by atoms with E-state index in [0.29, 0.717) is 0 Å². The lowest BCUT2D eigenvalue weighted by molar-refractivity contribution is 0.414. The van der Waals surface area contributed by atoms with Crippen LogP contribution in [-0.2, 0) is 5.66 Å². The van der Waals surface area contributed by atoms with Crippen LogP contribution in [0.15, 0.2) is 77.0 Å². The number of ether oxygens (including phenoxy) is 1. The standard InChI is InChI=1S/C21H20N4O/c1-25(2)17-8-4-15(5-9-17)21(16-6-10-18(26-3)11-7-16)23-19-12-13-22-14-20(19)24-21/h4-14H,1-3H3. The first kappa shape index (κ1) is 16.3. The summed E-state index contributed by atoms with van der Waals surface area (Å²) in [7, 11) is 5.72. The lowest BCUT2D eigenvalue weighted by atomic mass is 9.92. The first-order valence-electron chi connectivity index (χ1n) is 8.44. The van der Waals surface area contributed by atoms with Crippen molar-refractivity contribution in [3.8, 4) is 5.75 Å². The maximum absolute atomic E-state index is 5.30. The fourth-order valence-electron chi connectivity index (χ4n) is 3.17. The summed E-state index contributed by atoms with van der Waals surface area (Å²) in [6.07, 6.45) is 3.51. The molecule has 0 saturated heterocycles. The Morgan fingerprint density at radius 3 is 2.00 bits per heavy atom. The third-order valence-electron chi connectivity index (χ3n) is 4.62. The molecule has 1 aromatic heterocycles. The number of nitrogens with zero attached hydrogens (tertiary/aromatic N) is 4. The minimum absolute atomic E-state index is 0.803. The lowest BCUT2D eigenvalue weighted by Gasteiger charge is -2.25. The Bertz CT molecular complexity index is 1010. The molecule has 1 aliphatic heterocycles. The largest absolute Gasteiger partial charge is 0.497 e. The van der Waals surface area contributed by atoms with E-state index in [-0.39, 0.29) is 0 Å². The molecule has 130 valence electrons. The van der Waals surface area contributed by atoms with Crippen LogP contribution in [0.4, 0.5) is 5.69 Å². The van der Waals surface area contributed by atoms with Gasteiger partial charge in [-0.3, -0.25) is 4.98 Å². The molecular weight excluding hydrogens is 324 g/mol. The highest BCUT2D eigenvalue weighted by atomic mass is 16.5. The summed E-state index contributed by atoms with van der Waals surface area (Å²) in [5.41, 5.74) is 2.34. The van der Waals surface area contributed by atoms with Gasteiger partial charge in [-0.1, -0.05) is 24.3 Å². The molecule has 0 aliphatic carbocycles. The van der Waals surface area contributed by atoms with Gasteiger partial charge in [-0.05, 0) is 30.3 Å². The van der Waals surface area contributed by atoms with Gasteiger partial charge in [0.1, 0.15) is 11.1 Å². The number of rotatable bonds is 4. The molecule has 5 heteroatoms. The van der Waals surface area contributed by atoms with Crippen LogP contribution in [0.5, 0.6) is 5.75 Å². The van der Waals surface area contributed by atoms with E-state index in [4.69, 9.17) is 14.7 Å². The van der Waals surface area contributed by atoms with Gasteiger partial charge in [0.2, 0.25) is 5.66 Å². The molecule has 3 aromatic rings. The van der Waals surface area contributed by atoms with Crippen molar-refractivity contribution < 1.29 is 4.74 Å². The van der Waals surface area contributed by atoms with E-state index in [2.05, 4.69) is 34.1 Å². The van der Waals surface area contributed by atoms with Gasteiger partial charge in [-0.15, -0.1) is 0 Å². The zero-order chi connectivity index (χ0) is 18.1. The van der Waals surface area contributed by atoms with Crippen molar-refractivity contribution in [2.24, 2.45) is 9.98 Å². The summed E-state index contributed by atoms with van der Waals surface area (Å²) in [5, 5.41) is 1.66. The summed E-state index contributed by atoms with van der Waals surface area (Å²) in [6, 6.07) is 18.2. The summed E-state index contributed by atoms with van der Waals surface area (Å²) in [5.74, 6) is 0.809. The summed E-state index contributed by atoms with van der Waals surface area (Å²) < 4.78 is 5.30. The quantitative estimate of drug-likeness (QED) is 0.730. The topological polar surface area (TPSA) is 50.1 Å². The molecule has 0 saturated carbocycles. The fourth-order valence-corrected chi connectivity index (χ4v) is 3.17. The van der Waals surface area contributed by atoms with Gasteiger partial charge in [0.15, 0.2) is 0 Å². The van der Waals surface area contributed by atoms with Gasteiger partial charge < -0.3 is 9.64 Å². The van der Waals surface area contributed by atoms with Crippen molar-refractivity contribution >= 4 is 5.69 Å². The fraction of sp³-hybridized carbons (Fsp3) is 0.190. The van der Waals surface area contributed by atoms with Gasteiger partial charge >= 0.3 is 0 Å². The van der Waals surface area contributed by atoms with E-state index in [1.54, 1.807) is 19.5 Å². The molecule has 1 atom stereocenters. The summed E-state index contributed by atoms with van der Waals surface area (Å²) in [4.78, 5) is 16.2. The normalized spacial score (nSPS) is 17.8. The Hall–Kier alpha value is -3.21. The number of benzene rings is 2. The van der Waals surface area contributed by atoms with Crippen LogP contribution in [0, 0.1) is 0 Å². The van der Waals surface area contributed by atoms with Crippen LogP contribution in [-0.4, -0.2) is 26.2 Å². The Kier molecular flexibility index (Phi) is 3.92. The Morgan fingerprint density at radius 2 is 1.42 bits per heavy atom. The van der Waals surface area contributed by atoms with Crippen LogP contribution in [0.1, 0.15) is 11.1 Å². The molecule has 26 heavy (non-hydrogen) atoms. The van der Waals surface area contributed by atoms with E-state index < -0.39 is 5.66 Å². The molecule has 0 fully saturated rings. The van der Waals surface area contributed by atoms with Crippen molar-refractivity contribution in [3.63, 3.8) is 0 Å². The molecular formula is C21H20N4O. The monoisotopic (exact) mass is 344 g/mol. The van der Waals surface area contributed by atoms with Crippen LogP contribution in [0.3, 0.4) is 0 Å². The van der Waals surface area contributed by atoms with Crippen LogP contribution in [0.2, 0.25) is 0 Å². The summed E-state index contributed by atoms with van der Waals surface area (Å²) in [6.45, 7) is 0. The van der Waals surface area contributed by atoms with Crippen molar-refractivity contribution in [2.45, 2.75) is 5.66 Å². The second-order valence-electron chi connectivity index (χ2n) is 6.43. The number of hydrogen-bond acceptors (Lipinski definition) is 5. The molecule has 0 spiro atoms. The average Bonchev–Trinajstić information content (AvgIpc) is 3.09. The molecule has 2 aromatic carbocycles. The first-order valence-corrected chi connectivity index (χ1v) is 8.44. The maximum atomic E-state index is 5.30. The molecule has 0 radical (unpaired) electrons. The highest BCUT2D eigenvalue weighted by Gasteiger charge is 2.35. The van der Waals surface area contributed by atoms with E-state index >= 15 is 0 Å². The van der Waals surface area contributed by atoms with Gasteiger partial charge in [0.05, 0.1) is 18.7 Å². The molecule has 0 N–H and O–H groups in total. The molecule has 2 heterocycles. The predicted octanol–water partition coefficient (Wildman–Crippen LogP) is 2.31. The Morgan fingerprint density at radius 1 is 0.808 bits per heavy atom. The highest BCUT2D eigenvalue weighted by Crippen LogP contribution is 2.37.